The van der Waals surface area contributed by atoms with Crippen LogP contribution in [0.25, 0.3) is 11.0 Å². The van der Waals surface area contributed by atoms with Crippen LogP contribution in [0.15, 0.2) is 12.1 Å². The van der Waals surface area contributed by atoms with Crippen LogP contribution in [0.1, 0.15) is 20.3 Å². The first-order valence-corrected chi connectivity index (χ1v) is 7.45. The van der Waals surface area contributed by atoms with Gasteiger partial charge in [-0.1, -0.05) is 13.8 Å². The van der Waals surface area contributed by atoms with Gasteiger partial charge in [0.05, 0.1) is 14.6 Å². The first kappa shape index (κ1) is 12.6. The molecule has 0 radical (unpaired) electrons. The van der Waals surface area contributed by atoms with E-state index in [2.05, 4.69) is 18.8 Å². The third kappa shape index (κ3) is 2.01. The second kappa shape index (κ2) is 4.03. The van der Waals surface area contributed by atoms with Crippen molar-refractivity contribution in [3.8, 4) is 0 Å². The van der Waals surface area contributed by atoms with Crippen molar-refractivity contribution in [2.75, 3.05) is 0 Å². The predicted molar refractivity (Wildman–Crippen MR) is 81.7 cm³/mol. The second-order valence-corrected chi connectivity index (χ2v) is 7.26. The number of imidazole rings is 1. The molecular weight excluding hydrogens is 362 g/mol. The zero-order valence-corrected chi connectivity index (χ0v) is 13.2. The Labute approximate surface area is 124 Å². The van der Waals surface area contributed by atoms with Gasteiger partial charge in [0.2, 0.25) is 0 Å². The highest BCUT2D eigenvalue weighted by atomic mass is 127. The maximum atomic E-state index is 13.7. The molecule has 1 unspecified atom stereocenters. The van der Waals surface area contributed by atoms with Crippen molar-refractivity contribution < 1.29 is 4.39 Å². The lowest BCUT2D eigenvalue weighted by Crippen LogP contribution is -2.04. The molecular formula is C13H14FIN2S. The summed E-state index contributed by atoms with van der Waals surface area (Å²) in [4.78, 5) is 3.16. The summed E-state index contributed by atoms with van der Waals surface area (Å²) < 4.78 is 17.0. The van der Waals surface area contributed by atoms with Crippen molar-refractivity contribution in [3.63, 3.8) is 0 Å². The molecule has 1 heterocycles. The van der Waals surface area contributed by atoms with Crippen molar-refractivity contribution in [2.45, 2.75) is 26.8 Å². The number of H-pyrrole nitrogens is 1. The summed E-state index contributed by atoms with van der Waals surface area (Å²) >= 11 is 7.34. The molecule has 3 rings (SSSR count). The SMILES string of the molecule is CC1(C)CC1Cn1c(=S)[nH]c2cc(I)c(F)cc21. The number of hydrogen-bond donors (Lipinski definition) is 1. The molecule has 0 saturated heterocycles. The molecule has 5 heteroatoms. The fourth-order valence-electron chi connectivity index (χ4n) is 2.44. The highest BCUT2D eigenvalue weighted by Gasteiger charge is 2.45. The molecule has 1 aromatic heterocycles. The molecule has 1 fully saturated rings. The van der Waals surface area contributed by atoms with Crippen LogP contribution in [-0.4, -0.2) is 9.55 Å². The summed E-state index contributed by atoms with van der Waals surface area (Å²) in [5.74, 6) is 0.464. The molecule has 0 aliphatic heterocycles. The van der Waals surface area contributed by atoms with Gasteiger partial charge in [0.1, 0.15) is 5.82 Å². The Hall–Kier alpha value is -0.430. The lowest BCUT2D eigenvalue weighted by atomic mass is 10.1. The van der Waals surface area contributed by atoms with E-state index in [1.54, 1.807) is 6.07 Å². The second-order valence-electron chi connectivity index (χ2n) is 5.71. The van der Waals surface area contributed by atoms with Crippen molar-refractivity contribution >= 4 is 45.8 Å². The highest BCUT2D eigenvalue weighted by Crippen LogP contribution is 2.52. The molecule has 0 amide bonds. The normalized spacial score (nSPS) is 21.4. The number of nitrogens with zero attached hydrogens (tertiary/aromatic N) is 1. The van der Waals surface area contributed by atoms with Gasteiger partial charge in [-0.2, -0.15) is 0 Å². The average molecular weight is 376 g/mol. The Morgan fingerprint density at radius 3 is 2.83 bits per heavy atom. The Morgan fingerprint density at radius 2 is 2.22 bits per heavy atom. The topological polar surface area (TPSA) is 20.7 Å². The van der Waals surface area contributed by atoms with E-state index in [-0.39, 0.29) is 5.82 Å². The van der Waals surface area contributed by atoms with E-state index in [9.17, 15) is 4.39 Å². The summed E-state index contributed by atoms with van der Waals surface area (Å²) in [6, 6.07) is 3.40. The van der Waals surface area contributed by atoms with E-state index in [4.69, 9.17) is 12.2 Å². The predicted octanol–water partition coefficient (Wildman–Crippen LogP) is 4.49. The Bertz CT molecular complexity index is 686. The zero-order chi connectivity index (χ0) is 13.1. The quantitative estimate of drug-likeness (QED) is 0.605. The molecule has 0 bridgehead atoms. The average Bonchev–Trinajstić information content (AvgIpc) is 2.76. The van der Waals surface area contributed by atoms with Gasteiger partial charge in [0.25, 0.3) is 0 Å². The van der Waals surface area contributed by atoms with E-state index in [0.29, 0.717) is 19.7 Å². The maximum absolute atomic E-state index is 13.7. The largest absolute Gasteiger partial charge is 0.331 e. The Morgan fingerprint density at radius 1 is 1.56 bits per heavy atom. The first-order chi connectivity index (χ1) is 8.38. The monoisotopic (exact) mass is 376 g/mol. The van der Waals surface area contributed by atoms with Gasteiger partial charge >= 0.3 is 0 Å². The number of nitrogens with one attached hydrogen (secondary N) is 1. The molecule has 0 spiro atoms. The van der Waals surface area contributed by atoms with Crippen LogP contribution in [0.2, 0.25) is 0 Å². The van der Waals surface area contributed by atoms with Crippen molar-refractivity contribution in [1.29, 1.82) is 0 Å². The molecule has 96 valence electrons. The molecule has 2 nitrogen and oxygen atoms in total. The fourth-order valence-corrected chi connectivity index (χ4v) is 3.19. The summed E-state index contributed by atoms with van der Waals surface area (Å²) in [6.07, 6.45) is 1.22. The molecule has 18 heavy (non-hydrogen) atoms. The number of rotatable bonds is 2. The van der Waals surface area contributed by atoms with Gasteiger partial charge in [0.15, 0.2) is 4.77 Å². The van der Waals surface area contributed by atoms with Gasteiger partial charge < -0.3 is 9.55 Å². The molecule has 1 N–H and O–H groups in total. The van der Waals surface area contributed by atoms with Crippen molar-refractivity contribution in [2.24, 2.45) is 11.3 Å². The van der Waals surface area contributed by atoms with Crippen LogP contribution in [0.3, 0.4) is 0 Å². The third-order valence-corrected chi connectivity index (χ3v) is 5.09. The molecule has 1 aromatic carbocycles. The van der Waals surface area contributed by atoms with Crippen LogP contribution < -0.4 is 0 Å². The van der Waals surface area contributed by atoms with Crippen LogP contribution in [0, 0.1) is 25.5 Å². The number of halogens is 2. The first-order valence-electron chi connectivity index (χ1n) is 5.96. The Kier molecular flexibility index (Phi) is 2.82. The molecule has 1 atom stereocenters. The van der Waals surface area contributed by atoms with Crippen LogP contribution in [-0.2, 0) is 6.54 Å². The minimum absolute atomic E-state index is 0.180. The summed E-state index contributed by atoms with van der Waals surface area (Å²) in [6.45, 7) is 5.41. The summed E-state index contributed by atoms with van der Waals surface area (Å²) in [7, 11) is 0. The van der Waals surface area contributed by atoms with Gasteiger partial charge in [-0.05, 0) is 58.6 Å². The van der Waals surface area contributed by atoms with E-state index >= 15 is 0 Å². The van der Waals surface area contributed by atoms with E-state index in [0.717, 1.165) is 17.6 Å². The molecule has 1 saturated carbocycles. The molecule has 2 aromatic rings. The maximum Gasteiger partial charge on any atom is 0.178 e. The van der Waals surface area contributed by atoms with Crippen LogP contribution >= 0.6 is 34.8 Å². The standard InChI is InChI=1S/C13H14FIN2S/c1-13(2)5-7(13)6-17-11-3-8(14)9(15)4-10(11)16-12(17)18/h3-4,7H,5-6H2,1-2H3,(H,16,18). The number of fused-ring (bicyclic) bond motifs is 1. The van der Waals surface area contributed by atoms with E-state index < -0.39 is 0 Å². The smallest absolute Gasteiger partial charge is 0.178 e. The zero-order valence-electron chi connectivity index (χ0n) is 10.3. The lowest BCUT2D eigenvalue weighted by molar-refractivity contribution is 0.501. The van der Waals surface area contributed by atoms with Gasteiger partial charge in [-0.15, -0.1) is 0 Å². The van der Waals surface area contributed by atoms with E-state index in [1.165, 1.54) is 6.42 Å². The van der Waals surface area contributed by atoms with Crippen LogP contribution in [0.5, 0.6) is 0 Å². The lowest BCUT2D eigenvalue weighted by Gasteiger charge is -2.06. The third-order valence-electron chi connectivity index (χ3n) is 3.94. The van der Waals surface area contributed by atoms with Crippen molar-refractivity contribution in [3.05, 3.63) is 26.3 Å². The molecule has 1 aliphatic carbocycles. The Balaban J connectivity index is 2.08. The number of hydrogen-bond acceptors (Lipinski definition) is 1. The highest BCUT2D eigenvalue weighted by molar-refractivity contribution is 14.1. The number of aromatic nitrogens is 2. The molecule has 1 aliphatic rings. The van der Waals surface area contributed by atoms with Gasteiger partial charge in [-0.3, -0.25) is 0 Å². The van der Waals surface area contributed by atoms with Crippen LogP contribution in [0.4, 0.5) is 4.39 Å². The van der Waals surface area contributed by atoms with Gasteiger partial charge in [-0.25, -0.2) is 4.39 Å². The minimum atomic E-state index is -0.180. The minimum Gasteiger partial charge on any atom is -0.331 e. The summed E-state index contributed by atoms with van der Waals surface area (Å²) in [5, 5.41) is 0. The van der Waals surface area contributed by atoms with E-state index in [1.807, 2.05) is 33.2 Å². The van der Waals surface area contributed by atoms with Crippen molar-refractivity contribution in [1.82, 2.24) is 9.55 Å². The van der Waals surface area contributed by atoms with Gasteiger partial charge in [0, 0.05) is 12.6 Å². The fraction of sp³-hybridized carbons (Fsp3) is 0.462. The summed E-state index contributed by atoms with van der Waals surface area (Å²) in [5.41, 5.74) is 2.20. The number of aromatic amines is 1. The number of benzene rings is 1.